The number of methoxy groups -OCH3 is 1. The number of benzene rings is 3. The van der Waals surface area contributed by atoms with E-state index in [0.29, 0.717) is 30.0 Å². The van der Waals surface area contributed by atoms with Gasteiger partial charge in [-0.3, -0.25) is 0 Å². The predicted molar refractivity (Wildman–Crippen MR) is 148 cm³/mol. The molecule has 5 rings (SSSR count). The fourth-order valence-corrected chi connectivity index (χ4v) is 5.36. The van der Waals surface area contributed by atoms with Gasteiger partial charge in [0.2, 0.25) is 0 Å². The standard InChI is InChI=1S/C30H22ClN3O2S/c1-36-30(35)21-10-14-27-24(19-21)23(13-9-20-7-11-22(31)12-8-20)26(34(27)18-4-17-32)15-16-29-33-25-5-2-3-6-28(25)37-29/h2-3,5-8,10-12,14,19H,4,9,13,18H2,1H3. The van der Waals surface area contributed by atoms with E-state index in [1.807, 2.05) is 60.7 Å². The summed E-state index contributed by atoms with van der Waals surface area (Å²) in [6.45, 7) is 0.495. The number of fused-ring (bicyclic) bond motifs is 2. The van der Waals surface area contributed by atoms with Gasteiger partial charge in [0.1, 0.15) is 0 Å². The van der Waals surface area contributed by atoms with Crippen molar-refractivity contribution in [1.29, 1.82) is 5.26 Å². The summed E-state index contributed by atoms with van der Waals surface area (Å²) >= 11 is 7.63. The molecule has 37 heavy (non-hydrogen) atoms. The second kappa shape index (κ2) is 10.9. The molecule has 2 heterocycles. The molecule has 0 spiro atoms. The zero-order valence-electron chi connectivity index (χ0n) is 20.1. The number of para-hydroxylation sites is 1. The van der Waals surface area contributed by atoms with Crippen LogP contribution in [-0.4, -0.2) is 22.6 Å². The number of thiazole rings is 1. The Bertz CT molecular complexity index is 1680. The van der Waals surface area contributed by atoms with Gasteiger partial charge in [-0.05, 0) is 78.3 Å². The summed E-state index contributed by atoms with van der Waals surface area (Å²) in [5, 5.41) is 11.7. The molecule has 0 aliphatic rings. The Labute approximate surface area is 223 Å². The van der Waals surface area contributed by atoms with Crippen LogP contribution in [0.1, 0.15) is 38.6 Å². The van der Waals surface area contributed by atoms with Crippen molar-refractivity contribution in [2.75, 3.05) is 7.11 Å². The van der Waals surface area contributed by atoms with E-state index in [4.69, 9.17) is 16.3 Å². The largest absolute Gasteiger partial charge is 0.465 e. The first kappa shape index (κ1) is 24.6. The fraction of sp³-hybridized carbons (Fsp3) is 0.167. The lowest BCUT2D eigenvalue weighted by molar-refractivity contribution is 0.0601. The van der Waals surface area contributed by atoms with Crippen LogP contribution in [0.25, 0.3) is 21.1 Å². The zero-order valence-corrected chi connectivity index (χ0v) is 21.7. The van der Waals surface area contributed by atoms with Crippen molar-refractivity contribution in [3.05, 3.63) is 99.1 Å². The van der Waals surface area contributed by atoms with Gasteiger partial charge < -0.3 is 9.30 Å². The number of hydrogen-bond acceptors (Lipinski definition) is 5. The van der Waals surface area contributed by atoms with Gasteiger partial charge in [0.25, 0.3) is 0 Å². The lowest BCUT2D eigenvalue weighted by atomic mass is 10.0. The van der Waals surface area contributed by atoms with Crippen LogP contribution < -0.4 is 0 Å². The van der Waals surface area contributed by atoms with Gasteiger partial charge >= 0.3 is 5.97 Å². The first-order valence-electron chi connectivity index (χ1n) is 11.8. The number of nitriles is 1. The lowest BCUT2D eigenvalue weighted by Gasteiger charge is -2.06. The predicted octanol–water partition coefficient (Wildman–Crippen LogP) is 6.79. The number of carbonyl (C=O) groups is 1. The molecule has 0 saturated carbocycles. The van der Waals surface area contributed by atoms with Crippen molar-refractivity contribution in [3.63, 3.8) is 0 Å². The first-order chi connectivity index (χ1) is 18.1. The molecule has 2 aromatic heterocycles. The van der Waals surface area contributed by atoms with Crippen molar-refractivity contribution in [2.24, 2.45) is 0 Å². The molecule has 0 N–H and O–H groups in total. The molecule has 3 aromatic carbocycles. The highest BCUT2D eigenvalue weighted by molar-refractivity contribution is 7.19. The van der Waals surface area contributed by atoms with Crippen molar-refractivity contribution in [3.8, 4) is 17.9 Å². The van der Waals surface area contributed by atoms with E-state index in [1.54, 1.807) is 17.4 Å². The monoisotopic (exact) mass is 523 g/mol. The Morgan fingerprint density at radius 1 is 1.08 bits per heavy atom. The minimum absolute atomic E-state index is 0.342. The first-order valence-corrected chi connectivity index (χ1v) is 13.0. The van der Waals surface area contributed by atoms with Crippen LogP contribution in [0.5, 0.6) is 0 Å². The number of esters is 1. The number of rotatable bonds is 6. The van der Waals surface area contributed by atoms with E-state index in [0.717, 1.165) is 49.4 Å². The van der Waals surface area contributed by atoms with Gasteiger partial charge in [0.15, 0.2) is 5.01 Å². The average Bonchev–Trinajstić information content (AvgIpc) is 3.47. The third-order valence-electron chi connectivity index (χ3n) is 6.20. The van der Waals surface area contributed by atoms with Gasteiger partial charge in [0.05, 0.1) is 41.1 Å². The van der Waals surface area contributed by atoms with E-state index in [-0.39, 0.29) is 0 Å². The highest BCUT2D eigenvalue weighted by Crippen LogP contribution is 2.30. The number of aromatic nitrogens is 2. The van der Waals surface area contributed by atoms with E-state index < -0.39 is 5.97 Å². The maximum absolute atomic E-state index is 12.3. The van der Waals surface area contributed by atoms with Gasteiger partial charge in [-0.1, -0.05) is 35.9 Å². The normalized spacial score (nSPS) is 10.7. The topological polar surface area (TPSA) is 67.9 Å². The van der Waals surface area contributed by atoms with Crippen molar-refractivity contribution in [1.82, 2.24) is 9.55 Å². The summed E-state index contributed by atoms with van der Waals surface area (Å²) < 4.78 is 8.13. The summed E-state index contributed by atoms with van der Waals surface area (Å²) in [7, 11) is 1.38. The summed E-state index contributed by atoms with van der Waals surface area (Å²) in [5.41, 5.74) is 5.35. The molecule has 0 unspecified atom stereocenters. The Morgan fingerprint density at radius 2 is 1.89 bits per heavy atom. The van der Waals surface area contributed by atoms with Crippen LogP contribution in [0.3, 0.4) is 0 Å². The third-order valence-corrected chi connectivity index (χ3v) is 7.40. The molecule has 0 aliphatic heterocycles. The fourth-order valence-electron chi connectivity index (χ4n) is 4.42. The van der Waals surface area contributed by atoms with Crippen LogP contribution >= 0.6 is 22.9 Å². The third kappa shape index (κ3) is 5.22. The lowest BCUT2D eigenvalue weighted by Crippen LogP contribution is -2.02. The molecular weight excluding hydrogens is 502 g/mol. The van der Waals surface area contributed by atoms with Crippen LogP contribution in [0.2, 0.25) is 5.02 Å². The number of hydrogen-bond donors (Lipinski definition) is 0. The highest BCUT2D eigenvalue weighted by Gasteiger charge is 2.18. The zero-order chi connectivity index (χ0) is 25.8. The van der Waals surface area contributed by atoms with E-state index >= 15 is 0 Å². The second-order valence-corrected chi connectivity index (χ2v) is 9.94. The molecule has 0 bridgehead atoms. The SMILES string of the molecule is COC(=O)c1ccc2c(c1)c(CCc1ccc(Cl)cc1)c(C#Cc1nc3ccccc3s1)n2CCC#N. The summed E-state index contributed by atoms with van der Waals surface area (Å²) in [6.07, 6.45) is 1.81. The molecule has 0 amide bonds. The van der Waals surface area contributed by atoms with Gasteiger partial charge in [-0.15, -0.1) is 11.3 Å². The number of aryl methyl sites for hydroxylation is 3. The molecule has 0 fully saturated rings. The number of ether oxygens (including phenoxy) is 1. The average molecular weight is 524 g/mol. The van der Waals surface area contributed by atoms with Crippen molar-refractivity contribution >= 4 is 50.0 Å². The molecule has 0 atom stereocenters. The molecule has 5 aromatic rings. The number of nitrogens with zero attached hydrogens (tertiary/aromatic N) is 3. The van der Waals surface area contributed by atoms with Crippen LogP contribution in [0.15, 0.2) is 66.7 Å². The minimum atomic E-state index is -0.391. The molecule has 182 valence electrons. The molecular formula is C30H22ClN3O2S. The summed E-state index contributed by atoms with van der Waals surface area (Å²) in [5.74, 6) is 6.26. The van der Waals surface area contributed by atoms with Crippen LogP contribution in [0.4, 0.5) is 0 Å². The maximum Gasteiger partial charge on any atom is 0.337 e. The number of carbonyl (C=O) groups excluding carboxylic acids is 1. The molecule has 0 saturated heterocycles. The molecule has 5 nitrogen and oxygen atoms in total. The van der Waals surface area contributed by atoms with Crippen LogP contribution in [-0.2, 0) is 24.1 Å². The molecule has 0 radical (unpaired) electrons. The Morgan fingerprint density at radius 3 is 2.65 bits per heavy atom. The smallest absolute Gasteiger partial charge is 0.337 e. The van der Waals surface area contributed by atoms with E-state index in [9.17, 15) is 10.1 Å². The minimum Gasteiger partial charge on any atom is -0.465 e. The Hall–Kier alpha value is -4.10. The highest BCUT2D eigenvalue weighted by atomic mass is 35.5. The van der Waals surface area contributed by atoms with Gasteiger partial charge in [-0.25, -0.2) is 9.78 Å². The second-order valence-electron chi connectivity index (χ2n) is 8.47. The number of halogens is 1. The van der Waals surface area contributed by atoms with Crippen molar-refractivity contribution < 1.29 is 9.53 Å². The molecule has 0 aliphatic carbocycles. The quantitative estimate of drug-likeness (QED) is 0.181. The molecule has 7 heteroatoms. The Kier molecular flexibility index (Phi) is 7.23. The van der Waals surface area contributed by atoms with E-state index in [1.165, 1.54) is 7.11 Å². The van der Waals surface area contributed by atoms with E-state index in [2.05, 4.69) is 27.5 Å². The van der Waals surface area contributed by atoms with Gasteiger partial charge in [0, 0.05) is 22.5 Å². The summed E-state index contributed by atoms with van der Waals surface area (Å²) in [6, 6.07) is 23.6. The van der Waals surface area contributed by atoms with Crippen LogP contribution in [0, 0.1) is 23.2 Å². The van der Waals surface area contributed by atoms with Crippen molar-refractivity contribution in [2.45, 2.75) is 25.8 Å². The Balaban J connectivity index is 1.65. The summed E-state index contributed by atoms with van der Waals surface area (Å²) in [4.78, 5) is 17.0. The maximum atomic E-state index is 12.3. The van der Waals surface area contributed by atoms with Gasteiger partial charge in [-0.2, -0.15) is 5.26 Å².